The summed E-state index contributed by atoms with van der Waals surface area (Å²) in [4.78, 5) is 23.7. The van der Waals surface area contributed by atoms with E-state index < -0.39 is 0 Å². The van der Waals surface area contributed by atoms with Gasteiger partial charge in [0.15, 0.2) is 0 Å². The molecule has 1 N–H and O–H groups in total. The fourth-order valence-electron chi connectivity index (χ4n) is 3.14. The van der Waals surface area contributed by atoms with Crippen molar-refractivity contribution in [1.82, 2.24) is 19.6 Å². The third-order valence-electron chi connectivity index (χ3n) is 4.38. The Labute approximate surface area is 133 Å². The number of benzene rings is 1. The van der Waals surface area contributed by atoms with E-state index in [1.54, 1.807) is 0 Å². The summed E-state index contributed by atoms with van der Waals surface area (Å²) in [7, 11) is 1.95. The molecule has 0 amide bonds. The number of nitrogens with one attached hydrogen (secondary N) is 1. The lowest BCUT2D eigenvalue weighted by Gasteiger charge is -2.15. The van der Waals surface area contributed by atoms with Crippen LogP contribution in [0.2, 0.25) is 0 Å². The molecule has 0 atom stereocenters. The summed E-state index contributed by atoms with van der Waals surface area (Å²) in [5, 5.41) is 3.09. The van der Waals surface area contributed by atoms with E-state index in [0.29, 0.717) is 11.7 Å². The van der Waals surface area contributed by atoms with E-state index in [-0.39, 0.29) is 5.56 Å². The van der Waals surface area contributed by atoms with E-state index in [2.05, 4.69) is 27.2 Å². The van der Waals surface area contributed by atoms with Gasteiger partial charge in [0.25, 0.3) is 11.3 Å². The van der Waals surface area contributed by atoms with Crippen LogP contribution in [0.25, 0.3) is 5.78 Å². The molecular weight excluding hydrogens is 290 g/mol. The average Bonchev–Trinajstić information content (AvgIpc) is 3.00. The molecule has 4 rings (SSSR count). The first-order chi connectivity index (χ1) is 11.2. The van der Waals surface area contributed by atoms with Crippen LogP contribution in [0.4, 0.5) is 5.95 Å². The second kappa shape index (κ2) is 5.53. The molecule has 0 spiro atoms. The summed E-state index contributed by atoms with van der Waals surface area (Å²) in [6, 6.07) is 10.2. The summed E-state index contributed by atoms with van der Waals surface area (Å²) in [6.45, 7) is 0.717. The first-order valence-electron chi connectivity index (χ1n) is 7.98. The molecule has 0 radical (unpaired) electrons. The summed E-state index contributed by atoms with van der Waals surface area (Å²) in [6.07, 6.45) is 3.85. The Morgan fingerprint density at radius 1 is 1.17 bits per heavy atom. The lowest BCUT2D eigenvalue weighted by molar-refractivity contribution is 0.650. The number of rotatable bonds is 3. The lowest BCUT2D eigenvalue weighted by atomic mass is 9.97. The van der Waals surface area contributed by atoms with Gasteiger partial charge < -0.3 is 4.90 Å². The number of H-pyrrole nitrogens is 1. The third-order valence-corrected chi connectivity index (χ3v) is 4.38. The van der Waals surface area contributed by atoms with Crippen molar-refractivity contribution >= 4 is 11.7 Å². The predicted octanol–water partition coefficient (Wildman–Crippen LogP) is 1.93. The Morgan fingerprint density at radius 3 is 2.78 bits per heavy atom. The molecule has 6 nitrogen and oxygen atoms in total. The smallest absolute Gasteiger partial charge is 0.277 e. The first kappa shape index (κ1) is 14.0. The van der Waals surface area contributed by atoms with E-state index in [4.69, 9.17) is 0 Å². The van der Waals surface area contributed by atoms with Crippen LogP contribution in [0, 0.1) is 0 Å². The van der Waals surface area contributed by atoms with Crippen LogP contribution in [0.3, 0.4) is 0 Å². The zero-order chi connectivity index (χ0) is 15.8. The molecule has 23 heavy (non-hydrogen) atoms. The average molecular weight is 309 g/mol. The molecule has 2 heterocycles. The molecular formula is C17H19N5O. The topological polar surface area (TPSA) is 66.3 Å². The number of aromatic nitrogens is 4. The Balaban J connectivity index is 1.71. The van der Waals surface area contributed by atoms with Crippen molar-refractivity contribution in [2.75, 3.05) is 11.9 Å². The molecule has 0 unspecified atom stereocenters. The Hall–Kier alpha value is -2.63. The number of anilines is 1. The van der Waals surface area contributed by atoms with Crippen LogP contribution in [-0.2, 0) is 19.4 Å². The van der Waals surface area contributed by atoms with Gasteiger partial charge in [0, 0.05) is 19.2 Å². The standard InChI is InChI=1S/C17H19N5O/c1-21(11-12-7-3-2-4-8-12)17-19-16-18-14-10-6-5-9-13(14)15(23)22(16)20-17/h2-4,7-8H,5-6,9-11H2,1H3,(H,18,19,20). The second-order valence-electron chi connectivity index (χ2n) is 6.07. The number of fused-ring (bicyclic) bond motifs is 2. The van der Waals surface area contributed by atoms with Gasteiger partial charge in [-0.25, -0.2) is 4.98 Å². The van der Waals surface area contributed by atoms with Gasteiger partial charge in [0.1, 0.15) is 0 Å². The zero-order valence-corrected chi connectivity index (χ0v) is 13.1. The van der Waals surface area contributed by atoms with Crippen LogP contribution < -0.4 is 10.5 Å². The van der Waals surface area contributed by atoms with Crippen molar-refractivity contribution in [2.45, 2.75) is 32.2 Å². The van der Waals surface area contributed by atoms with Crippen LogP contribution >= 0.6 is 0 Å². The van der Waals surface area contributed by atoms with Gasteiger partial charge in [-0.05, 0) is 31.2 Å². The molecule has 118 valence electrons. The van der Waals surface area contributed by atoms with Crippen molar-refractivity contribution in [3.63, 3.8) is 0 Å². The molecule has 2 aromatic heterocycles. The van der Waals surface area contributed by atoms with E-state index in [1.165, 1.54) is 10.1 Å². The highest BCUT2D eigenvalue weighted by Gasteiger charge is 2.19. The lowest BCUT2D eigenvalue weighted by Crippen LogP contribution is -2.25. The minimum Gasteiger partial charge on any atom is -0.340 e. The monoisotopic (exact) mass is 309 g/mol. The first-order valence-corrected chi connectivity index (χ1v) is 7.98. The minimum absolute atomic E-state index is 0.00318. The highest BCUT2D eigenvalue weighted by Crippen LogP contribution is 2.17. The predicted molar refractivity (Wildman–Crippen MR) is 88.8 cm³/mol. The van der Waals surface area contributed by atoms with Crippen LogP contribution in [-0.4, -0.2) is 26.6 Å². The van der Waals surface area contributed by atoms with Gasteiger partial charge in [-0.15, -0.1) is 0 Å². The molecule has 0 aliphatic heterocycles. The van der Waals surface area contributed by atoms with Gasteiger partial charge in [-0.2, -0.15) is 9.50 Å². The van der Waals surface area contributed by atoms with Gasteiger partial charge in [-0.3, -0.25) is 9.89 Å². The number of aryl methyl sites for hydroxylation is 1. The van der Waals surface area contributed by atoms with Crippen molar-refractivity contribution < 1.29 is 0 Å². The SMILES string of the molecule is CN(Cc1ccccc1)c1nc2nc3c(c(=O)n2[nH]1)CCCC3. The Morgan fingerprint density at radius 2 is 1.96 bits per heavy atom. The molecule has 0 saturated heterocycles. The molecule has 1 aromatic carbocycles. The normalized spacial score (nSPS) is 14.0. The molecule has 0 saturated carbocycles. The molecule has 6 heteroatoms. The number of nitrogens with zero attached hydrogens (tertiary/aromatic N) is 4. The van der Waals surface area contributed by atoms with Gasteiger partial charge in [0.05, 0.1) is 5.69 Å². The fourth-order valence-corrected chi connectivity index (χ4v) is 3.14. The van der Waals surface area contributed by atoms with E-state index in [9.17, 15) is 4.79 Å². The van der Waals surface area contributed by atoms with Gasteiger partial charge in [0.2, 0.25) is 5.95 Å². The van der Waals surface area contributed by atoms with E-state index >= 15 is 0 Å². The van der Waals surface area contributed by atoms with Crippen LogP contribution in [0.15, 0.2) is 35.1 Å². The highest BCUT2D eigenvalue weighted by atomic mass is 16.1. The molecule has 0 bridgehead atoms. The van der Waals surface area contributed by atoms with Crippen molar-refractivity contribution in [1.29, 1.82) is 0 Å². The van der Waals surface area contributed by atoms with E-state index in [1.807, 2.05) is 30.1 Å². The van der Waals surface area contributed by atoms with E-state index in [0.717, 1.165) is 43.5 Å². The highest BCUT2D eigenvalue weighted by molar-refractivity contribution is 5.41. The molecule has 0 fully saturated rings. The Kier molecular flexibility index (Phi) is 3.37. The summed E-state index contributed by atoms with van der Waals surface area (Å²) in [5.74, 6) is 1.12. The molecule has 1 aliphatic carbocycles. The van der Waals surface area contributed by atoms with Crippen LogP contribution in [0.1, 0.15) is 29.7 Å². The Bertz CT molecular complexity index is 896. The minimum atomic E-state index is -0.00318. The number of hydrogen-bond donors (Lipinski definition) is 1. The maximum absolute atomic E-state index is 12.6. The number of aromatic amines is 1. The maximum Gasteiger partial charge on any atom is 0.277 e. The van der Waals surface area contributed by atoms with Gasteiger partial charge >= 0.3 is 0 Å². The quantitative estimate of drug-likeness (QED) is 0.803. The summed E-state index contributed by atoms with van der Waals surface area (Å²) in [5.41, 5.74) is 2.95. The number of hydrogen-bond acceptors (Lipinski definition) is 4. The van der Waals surface area contributed by atoms with Crippen LogP contribution in [0.5, 0.6) is 0 Å². The maximum atomic E-state index is 12.6. The van der Waals surface area contributed by atoms with Crippen molar-refractivity contribution in [3.8, 4) is 0 Å². The molecule has 3 aromatic rings. The second-order valence-corrected chi connectivity index (χ2v) is 6.07. The summed E-state index contributed by atoms with van der Waals surface area (Å²) < 4.78 is 1.47. The largest absolute Gasteiger partial charge is 0.340 e. The summed E-state index contributed by atoms with van der Waals surface area (Å²) >= 11 is 0. The third kappa shape index (κ3) is 2.50. The van der Waals surface area contributed by atoms with Crippen molar-refractivity contribution in [3.05, 3.63) is 57.5 Å². The fraction of sp³-hybridized carbons (Fsp3) is 0.353. The molecule has 1 aliphatic rings. The zero-order valence-electron chi connectivity index (χ0n) is 13.1. The van der Waals surface area contributed by atoms with Gasteiger partial charge in [-0.1, -0.05) is 30.3 Å². The van der Waals surface area contributed by atoms with Crippen molar-refractivity contribution in [2.24, 2.45) is 0 Å².